The molecule has 3 heteroatoms. The molecule has 1 aromatic rings. The lowest BCUT2D eigenvalue weighted by atomic mass is 9.78. The van der Waals surface area contributed by atoms with Crippen LogP contribution in [0.4, 0.5) is 0 Å². The van der Waals surface area contributed by atoms with Crippen LogP contribution in [-0.4, -0.2) is 11.7 Å². The molecule has 0 radical (unpaired) electrons. The largest absolute Gasteiger partial charge is 0.294 e. The molecular weight excluding hydrogens is 282 g/mol. The summed E-state index contributed by atoms with van der Waals surface area (Å²) in [5.41, 5.74) is 1.34. The molecule has 0 unspecified atom stereocenters. The van der Waals surface area contributed by atoms with E-state index in [4.69, 9.17) is 16.9 Å². The fourth-order valence-electron chi connectivity index (χ4n) is 3.20. The monoisotopic (exact) mass is 303 g/mol. The SMILES string of the molecule is N#Cc1ccc(C(=O)C[C@H]2CC[C@H](CCCCl)CC2)cc1. The van der Waals surface area contributed by atoms with Crippen LogP contribution in [0, 0.1) is 23.2 Å². The second-order valence-electron chi connectivity index (χ2n) is 6.03. The Hall–Kier alpha value is -1.33. The lowest BCUT2D eigenvalue weighted by molar-refractivity contribution is 0.0942. The van der Waals surface area contributed by atoms with Crippen molar-refractivity contribution >= 4 is 17.4 Å². The summed E-state index contributed by atoms with van der Waals surface area (Å²) in [6, 6.07) is 9.05. The Labute approximate surface area is 132 Å². The number of ketones is 1. The Balaban J connectivity index is 1.80. The number of benzene rings is 1. The Kier molecular flexibility index (Phi) is 6.26. The van der Waals surface area contributed by atoms with Crippen LogP contribution in [-0.2, 0) is 0 Å². The van der Waals surface area contributed by atoms with Crippen LogP contribution < -0.4 is 0 Å². The third-order valence-corrected chi connectivity index (χ3v) is 4.79. The van der Waals surface area contributed by atoms with E-state index in [-0.39, 0.29) is 5.78 Å². The third-order valence-electron chi connectivity index (χ3n) is 4.52. The summed E-state index contributed by atoms with van der Waals surface area (Å²) in [5, 5.41) is 8.77. The summed E-state index contributed by atoms with van der Waals surface area (Å²) < 4.78 is 0. The van der Waals surface area contributed by atoms with E-state index in [9.17, 15) is 4.79 Å². The predicted molar refractivity (Wildman–Crippen MR) is 85.5 cm³/mol. The van der Waals surface area contributed by atoms with E-state index in [1.165, 1.54) is 19.3 Å². The van der Waals surface area contributed by atoms with Gasteiger partial charge in [-0.3, -0.25) is 4.79 Å². The van der Waals surface area contributed by atoms with E-state index in [2.05, 4.69) is 6.07 Å². The fourth-order valence-corrected chi connectivity index (χ4v) is 3.36. The van der Waals surface area contributed by atoms with Gasteiger partial charge in [-0.2, -0.15) is 5.26 Å². The number of rotatable bonds is 6. The van der Waals surface area contributed by atoms with Crippen LogP contribution in [0.3, 0.4) is 0 Å². The summed E-state index contributed by atoms with van der Waals surface area (Å²) in [5.74, 6) is 2.31. The summed E-state index contributed by atoms with van der Waals surface area (Å²) in [7, 11) is 0. The van der Waals surface area contributed by atoms with Crippen LogP contribution in [0.2, 0.25) is 0 Å². The Morgan fingerprint density at radius 2 is 1.76 bits per heavy atom. The van der Waals surface area contributed by atoms with Crippen molar-refractivity contribution in [3.63, 3.8) is 0 Å². The van der Waals surface area contributed by atoms with Gasteiger partial charge in [0.15, 0.2) is 5.78 Å². The normalized spacial score (nSPS) is 21.7. The van der Waals surface area contributed by atoms with Gasteiger partial charge in [0.25, 0.3) is 0 Å². The minimum atomic E-state index is 0.212. The van der Waals surface area contributed by atoms with E-state index in [1.54, 1.807) is 24.3 Å². The molecule has 0 spiro atoms. The second kappa shape index (κ2) is 8.20. The summed E-state index contributed by atoms with van der Waals surface area (Å²) in [6.45, 7) is 0. The molecule has 0 amide bonds. The van der Waals surface area contributed by atoms with Crippen LogP contribution in [0.1, 0.15) is 60.9 Å². The maximum atomic E-state index is 12.3. The average Bonchev–Trinajstić information content (AvgIpc) is 2.54. The number of carbonyl (C=O) groups excluding carboxylic acids is 1. The van der Waals surface area contributed by atoms with Crippen LogP contribution >= 0.6 is 11.6 Å². The van der Waals surface area contributed by atoms with Gasteiger partial charge in [0.2, 0.25) is 0 Å². The van der Waals surface area contributed by atoms with Gasteiger partial charge >= 0.3 is 0 Å². The Morgan fingerprint density at radius 3 is 2.33 bits per heavy atom. The highest BCUT2D eigenvalue weighted by atomic mass is 35.5. The highest BCUT2D eigenvalue weighted by Gasteiger charge is 2.23. The zero-order valence-corrected chi connectivity index (χ0v) is 13.1. The first kappa shape index (κ1) is 16.0. The van der Waals surface area contributed by atoms with Crippen molar-refractivity contribution < 1.29 is 4.79 Å². The van der Waals surface area contributed by atoms with Crippen LogP contribution in [0.25, 0.3) is 0 Å². The van der Waals surface area contributed by atoms with Crippen LogP contribution in [0.15, 0.2) is 24.3 Å². The second-order valence-corrected chi connectivity index (χ2v) is 6.41. The highest BCUT2D eigenvalue weighted by molar-refractivity contribution is 6.17. The minimum absolute atomic E-state index is 0.212. The molecule has 21 heavy (non-hydrogen) atoms. The van der Waals surface area contributed by atoms with E-state index in [1.807, 2.05) is 0 Å². The molecule has 1 saturated carbocycles. The molecule has 112 valence electrons. The van der Waals surface area contributed by atoms with Gasteiger partial charge in [-0.25, -0.2) is 0 Å². The molecule has 1 aliphatic rings. The lowest BCUT2D eigenvalue weighted by Gasteiger charge is -2.28. The van der Waals surface area contributed by atoms with Crippen molar-refractivity contribution in [1.82, 2.24) is 0 Å². The Bertz CT molecular complexity index is 495. The van der Waals surface area contributed by atoms with Gasteiger partial charge in [0.05, 0.1) is 11.6 Å². The number of hydrogen-bond donors (Lipinski definition) is 0. The number of halogens is 1. The van der Waals surface area contributed by atoms with Gasteiger partial charge in [0, 0.05) is 17.9 Å². The topological polar surface area (TPSA) is 40.9 Å². The van der Waals surface area contributed by atoms with E-state index in [0.29, 0.717) is 17.9 Å². The molecule has 0 saturated heterocycles. The van der Waals surface area contributed by atoms with E-state index >= 15 is 0 Å². The maximum Gasteiger partial charge on any atom is 0.163 e. The van der Waals surface area contributed by atoms with Crippen LogP contribution in [0.5, 0.6) is 0 Å². The summed E-state index contributed by atoms with van der Waals surface area (Å²) in [6.07, 6.45) is 7.79. The number of nitriles is 1. The number of hydrogen-bond acceptors (Lipinski definition) is 2. The van der Waals surface area contributed by atoms with Crippen molar-refractivity contribution in [1.29, 1.82) is 5.26 Å². The molecule has 0 bridgehead atoms. The molecule has 2 rings (SSSR count). The van der Waals surface area contributed by atoms with Crippen molar-refractivity contribution in [3.05, 3.63) is 35.4 Å². The van der Waals surface area contributed by atoms with Gasteiger partial charge in [-0.05, 0) is 49.7 Å². The molecule has 1 aromatic carbocycles. The van der Waals surface area contributed by atoms with Crippen molar-refractivity contribution in [2.75, 3.05) is 5.88 Å². The number of nitrogens with zero attached hydrogens (tertiary/aromatic N) is 1. The standard InChI is InChI=1S/C18H22ClNO/c19-11-1-2-14-3-5-15(6-4-14)12-18(21)17-9-7-16(13-20)8-10-17/h7-10,14-15H,1-6,11-12H2/t14-,15-. The molecule has 2 nitrogen and oxygen atoms in total. The van der Waals surface area contributed by atoms with Gasteiger partial charge in [-0.1, -0.05) is 25.0 Å². The third kappa shape index (κ3) is 4.86. The first-order valence-corrected chi connectivity index (χ1v) is 8.35. The molecule has 0 aromatic heterocycles. The fraction of sp³-hybridized carbons (Fsp3) is 0.556. The minimum Gasteiger partial charge on any atom is -0.294 e. The molecule has 0 heterocycles. The first-order chi connectivity index (χ1) is 10.2. The van der Waals surface area contributed by atoms with Crippen molar-refractivity contribution in [2.45, 2.75) is 44.9 Å². The predicted octanol–water partition coefficient (Wildman–Crippen LogP) is 4.96. The van der Waals surface area contributed by atoms with Crippen molar-refractivity contribution in [3.8, 4) is 6.07 Å². The number of Topliss-reactive ketones (excluding diaryl/α,β-unsaturated/α-hetero) is 1. The van der Waals surface area contributed by atoms with E-state index in [0.717, 1.165) is 36.6 Å². The van der Waals surface area contributed by atoms with E-state index < -0.39 is 0 Å². The lowest BCUT2D eigenvalue weighted by Crippen LogP contribution is -2.17. The molecule has 1 aliphatic carbocycles. The number of carbonyl (C=O) groups is 1. The first-order valence-electron chi connectivity index (χ1n) is 7.82. The summed E-state index contributed by atoms with van der Waals surface area (Å²) in [4.78, 5) is 12.3. The molecule has 0 N–H and O–H groups in total. The molecule has 0 aliphatic heterocycles. The molecule has 1 fully saturated rings. The summed E-state index contributed by atoms with van der Waals surface area (Å²) >= 11 is 5.74. The zero-order valence-electron chi connectivity index (χ0n) is 12.4. The van der Waals surface area contributed by atoms with Gasteiger partial charge < -0.3 is 0 Å². The van der Waals surface area contributed by atoms with Gasteiger partial charge in [-0.15, -0.1) is 11.6 Å². The maximum absolute atomic E-state index is 12.3. The highest BCUT2D eigenvalue weighted by Crippen LogP contribution is 2.33. The molecule has 0 atom stereocenters. The number of alkyl halides is 1. The average molecular weight is 304 g/mol. The van der Waals surface area contributed by atoms with Crippen molar-refractivity contribution in [2.24, 2.45) is 11.8 Å². The smallest absolute Gasteiger partial charge is 0.163 e. The quantitative estimate of drug-likeness (QED) is 0.550. The zero-order chi connectivity index (χ0) is 15.1. The Morgan fingerprint density at radius 1 is 1.14 bits per heavy atom. The molecular formula is C18H22ClNO. The van der Waals surface area contributed by atoms with Gasteiger partial charge in [0.1, 0.15) is 0 Å².